The first-order valence-electron chi connectivity index (χ1n) is 9.72. The Labute approximate surface area is 179 Å². The van der Waals surface area contributed by atoms with Gasteiger partial charge < -0.3 is 4.52 Å². The van der Waals surface area contributed by atoms with Crippen LogP contribution < -0.4 is 15.8 Å². The van der Waals surface area contributed by atoms with Gasteiger partial charge in [-0.05, 0) is 27.7 Å². The lowest BCUT2D eigenvalue weighted by atomic mass is 10.1. The lowest BCUT2D eigenvalue weighted by Crippen LogP contribution is -2.37. The number of rotatable bonds is 7. The van der Waals surface area contributed by atoms with Crippen molar-refractivity contribution in [1.29, 1.82) is 0 Å². The Hall–Kier alpha value is -2.81. The van der Waals surface area contributed by atoms with Crippen molar-refractivity contribution in [3.8, 4) is 17.1 Å². The maximum Gasteiger partial charge on any atom is 0.531 e. The predicted octanol–water partition coefficient (Wildman–Crippen LogP) is 3.03. The molecule has 0 saturated heterocycles. The number of nitrogens with zero attached hydrogens (tertiary/aromatic N) is 4. The SMILES string of the molecule is CC(C)OP(=O)(Oc1nc2c(nc1-c1ccccc1)c(=O)n(C)c(=O)n2C)OC(C)C. The molecule has 0 aliphatic rings. The fraction of sp³-hybridized carbons (Fsp3) is 0.400. The van der Waals surface area contributed by atoms with Crippen LogP contribution in [0.4, 0.5) is 0 Å². The molecular weight excluding hydrogens is 423 g/mol. The average Bonchev–Trinajstić information content (AvgIpc) is 2.69. The van der Waals surface area contributed by atoms with Gasteiger partial charge in [0.25, 0.3) is 11.4 Å². The van der Waals surface area contributed by atoms with Crippen molar-refractivity contribution < 1.29 is 18.1 Å². The molecule has 31 heavy (non-hydrogen) atoms. The van der Waals surface area contributed by atoms with Crippen LogP contribution in [-0.4, -0.2) is 31.3 Å². The van der Waals surface area contributed by atoms with Crippen molar-refractivity contribution in [3.05, 3.63) is 51.2 Å². The number of benzene rings is 1. The zero-order valence-corrected chi connectivity index (χ0v) is 19.1. The van der Waals surface area contributed by atoms with Gasteiger partial charge in [-0.25, -0.2) is 14.3 Å². The van der Waals surface area contributed by atoms with Crippen molar-refractivity contribution in [3.63, 3.8) is 0 Å². The molecule has 0 aliphatic heterocycles. The highest BCUT2D eigenvalue weighted by Crippen LogP contribution is 2.52. The number of phosphoric ester groups is 1. The molecule has 0 radical (unpaired) electrons. The largest absolute Gasteiger partial charge is 0.531 e. The van der Waals surface area contributed by atoms with E-state index in [2.05, 4.69) is 9.97 Å². The standard InChI is InChI=1S/C20H25N4O6P/c1-12(2)28-31(27,29-13(3)4)30-18-15(14-10-8-7-9-11-14)21-16-17(22-18)23(5)20(26)24(6)19(16)25/h7-13H,1-6H3. The molecule has 2 heterocycles. The van der Waals surface area contributed by atoms with Crippen molar-refractivity contribution >= 4 is 19.0 Å². The Morgan fingerprint density at radius 3 is 2.03 bits per heavy atom. The molecule has 0 fully saturated rings. The van der Waals surface area contributed by atoms with Gasteiger partial charge in [0.1, 0.15) is 5.69 Å². The maximum absolute atomic E-state index is 13.3. The van der Waals surface area contributed by atoms with E-state index in [4.69, 9.17) is 13.6 Å². The first-order valence-corrected chi connectivity index (χ1v) is 11.2. The molecule has 0 spiro atoms. The average molecular weight is 448 g/mol. The van der Waals surface area contributed by atoms with Gasteiger partial charge in [-0.15, -0.1) is 0 Å². The summed E-state index contributed by atoms with van der Waals surface area (Å²) in [7, 11) is -1.28. The number of hydrogen-bond donors (Lipinski definition) is 0. The molecular formula is C20H25N4O6P. The topological polar surface area (TPSA) is 115 Å². The van der Waals surface area contributed by atoms with Gasteiger partial charge in [-0.1, -0.05) is 30.3 Å². The summed E-state index contributed by atoms with van der Waals surface area (Å²) in [5.41, 5.74) is -0.476. The van der Waals surface area contributed by atoms with Crippen molar-refractivity contribution in [2.75, 3.05) is 0 Å². The Kier molecular flexibility index (Phi) is 6.45. The van der Waals surface area contributed by atoms with E-state index in [1.807, 2.05) is 6.07 Å². The molecule has 3 rings (SSSR count). The molecule has 0 unspecified atom stereocenters. The Balaban J connectivity index is 2.31. The zero-order valence-electron chi connectivity index (χ0n) is 18.2. The van der Waals surface area contributed by atoms with E-state index in [-0.39, 0.29) is 22.7 Å². The molecule has 10 nitrogen and oxygen atoms in total. The van der Waals surface area contributed by atoms with E-state index in [1.165, 1.54) is 18.7 Å². The second kappa shape index (κ2) is 8.74. The van der Waals surface area contributed by atoms with Crippen molar-refractivity contribution in [1.82, 2.24) is 19.1 Å². The Morgan fingerprint density at radius 1 is 0.903 bits per heavy atom. The highest BCUT2D eigenvalue weighted by Gasteiger charge is 2.34. The third-order valence-electron chi connectivity index (χ3n) is 4.17. The lowest BCUT2D eigenvalue weighted by Gasteiger charge is -2.22. The second-order valence-electron chi connectivity index (χ2n) is 7.47. The van der Waals surface area contributed by atoms with Crippen LogP contribution in [-0.2, 0) is 27.7 Å². The van der Waals surface area contributed by atoms with Crippen LogP contribution in [0.5, 0.6) is 5.88 Å². The minimum atomic E-state index is -4.10. The fourth-order valence-electron chi connectivity index (χ4n) is 2.89. The normalized spacial score (nSPS) is 12.1. The summed E-state index contributed by atoms with van der Waals surface area (Å²) in [6, 6.07) is 8.85. The van der Waals surface area contributed by atoms with Crippen LogP contribution in [0.15, 0.2) is 39.9 Å². The van der Waals surface area contributed by atoms with E-state index in [0.717, 1.165) is 4.57 Å². The van der Waals surface area contributed by atoms with Crippen LogP contribution in [0.25, 0.3) is 22.4 Å². The van der Waals surface area contributed by atoms with Crippen LogP contribution in [0.3, 0.4) is 0 Å². The summed E-state index contributed by atoms with van der Waals surface area (Å²) in [5.74, 6) is -0.174. The molecule has 0 saturated carbocycles. The van der Waals surface area contributed by atoms with E-state index in [1.54, 1.807) is 52.0 Å². The number of fused-ring (bicyclic) bond motifs is 1. The molecule has 0 amide bonds. The quantitative estimate of drug-likeness (QED) is 0.507. The summed E-state index contributed by atoms with van der Waals surface area (Å²) in [6.45, 7) is 6.77. The molecule has 0 atom stereocenters. The smallest absolute Gasteiger partial charge is 0.383 e. The molecule has 3 aromatic rings. The molecule has 1 aromatic carbocycles. The van der Waals surface area contributed by atoms with Gasteiger partial charge in [-0.3, -0.25) is 23.0 Å². The number of aryl methyl sites for hydroxylation is 1. The van der Waals surface area contributed by atoms with E-state index < -0.39 is 31.3 Å². The van der Waals surface area contributed by atoms with Gasteiger partial charge in [0, 0.05) is 19.7 Å². The van der Waals surface area contributed by atoms with Crippen LogP contribution in [0, 0.1) is 0 Å². The number of aromatic nitrogens is 4. The molecule has 0 N–H and O–H groups in total. The molecule has 0 aliphatic carbocycles. The van der Waals surface area contributed by atoms with E-state index in [9.17, 15) is 14.2 Å². The summed E-state index contributed by atoms with van der Waals surface area (Å²) >= 11 is 0. The Morgan fingerprint density at radius 2 is 1.48 bits per heavy atom. The number of phosphoric acid groups is 1. The lowest BCUT2D eigenvalue weighted by molar-refractivity contribution is 0.102. The summed E-state index contributed by atoms with van der Waals surface area (Å²) in [4.78, 5) is 33.8. The zero-order chi connectivity index (χ0) is 22.9. The van der Waals surface area contributed by atoms with Crippen LogP contribution in [0.2, 0.25) is 0 Å². The van der Waals surface area contributed by atoms with Gasteiger partial charge in [0.05, 0.1) is 12.2 Å². The van der Waals surface area contributed by atoms with Gasteiger partial charge in [0.15, 0.2) is 11.2 Å². The monoisotopic (exact) mass is 448 g/mol. The first kappa shape index (κ1) is 22.9. The molecule has 166 valence electrons. The number of hydrogen-bond acceptors (Lipinski definition) is 8. The third kappa shape index (κ3) is 4.76. The van der Waals surface area contributed by atoms with Crippen molar-refractivity contribution in [2.45, 2.75) is 39.9 Å². The minimum absolute atomic E-state index is 0.0107. The minimum Gasteiger partial charge on any atom is -0.383 e. The highest BCUT2D eigenvalue weighted by molar-refractivity contribution is 7.49. The van der Waals surface area contributed by atoms with E-state index >= 15 is 0 Å². The highest BCUT2D eigenvalue weighted by atomic mass is 31.2. The second-order valence-corrected chi connectivity index (χ2v) is 8.97. The molecule has 11 heteroatoms. The van der Waals surface area contributed by atoms with Crippen LogP contribution >= 0.6 is 7.82 Å². The molecule has 2 aromatic heterocycles. The first-order chi connectivity index (χ1) is 14.5. The maximum atomic E-state index is 13.3. The summed E-state index contributed by atoms with van der Waals surface area (Å²) in [6.07, 6.45) is -0.926. The summed E-state index contributed by atoms with van der Waals surface area (Å²) in [5, 5.41) is 0. The fourth-order valence-corrected chi connectivity index (χ4v) is 4.40. The van der Waals surface area contributed by atoms with Gasteiger partial charge in [0.2, 0.25) is 0 Å². The molecule has 0 bridgehead atoms. The Bertz CT molecular complexity index is 1250. The summed E-state index contributed by atoms with van der Waals surface area (Å²) < 4.78 is 32.1. The predicted molar refractivity (Wildman–Crippen MR) is 116 cm³/mol. The van der Waals surface area contributed by atoms with Crippen molar-refractivity contribution in [2.24, 2.45) is 14.1 Å². The van der Waals surface area contributed by atoms with Gasteiger partial charge >= 0.3 is 13.5 Å². The third-order valence-corrected chi connectivity index (χ3v) is 5.93. The van der Waals surface area contributed by atoms with E-state index in [0.29, 0.717) is 5.56 Å². The van der Waals surface area contributed by atoms with Gasteiger partial charge in [-0.2, -0.15) is 4.98 Å². The van der Waals surface area contributed by atoms with Crippen LogP contribution in [0.1, 0.15) is 27.7 Å².